The lowest BCUT2D eigenvalue weighted by Crippen LogP contribution is -2.45. The van der Waals surface area contributed by atoms with E-state index in [-0.39, 0.29) is 5.91 Å². The molecule has 0 spiro atoms. The van der Waals surface area contributed by atoms with E-state index in [1.807, 2.05) is 6.07 Å². The van der Waals surface area contributed by atoms with Crippen LogP contribution in [0.25, 0.3) is 0 Å². The highest BCUT2D eigenvalue weighted by Gasteiger charge is 2.55. The molecule has 2 heterocycles. The molecular weight excluding hydrogens is 280 g/mol. The Morgan fingerprint density at radius 3 is 2.70 bits per heavy atom. The Labute approximate surface area is 121 Å². The maximum absolute atomic E-state index is 12.7. The van der Waals surface area contributed by atoms with E-state index in [0.29, 0.717) is 18.1 Å². The number of likely N-dealkylation sites (tertiary alicyclic amines) is 1. The molecule has 5 nitrogen and oxygen atoms in total. The Kier molecular flexibility index (Phi) is 3.17. The van der Waals surface area contributed by atoms with Gasteiger partial charge in [0.1, 0.15) is 11.2 Å². The zero-order chi connectivity index (χ0) is 14.3. The molecule has 2 fully saturated rings. The van der Waals surface area contributed by atoms with Crippen LogP contribution in [0.5, 0.6) is 0 Å². The fraction of sp³-hybridized carbons (Fsp3) is 0.500. The predicted molar refractivity (Wildman–Crippen MR) is 72.5 cm³/mol. The molecule has 1 saturated carbocycles. The zero-order valence-corrected chi connectivity index (χ0v) is 11.6. The molecule has 1 aromatic heterocycles. The summed E-state index contributed by atoms with van der Waals surface area (Å²) in [5.41, 5.74) is 0.262. The molecule has 2 aliphatic rings. The summed E-state index contributed by atoms with van der Waals surface area (Å²) in [5, 5.41) is 9.59. The third kappa shape index (κ3) is 2.06. The number of amides is 1. The van der Waals surface area contributed by atoms with Crippen LogP contribution < -0.4 is 0 Å². The topological polar surface area (TPSA) is 70.5 Å². The van der Waals surface area contributed by atoms with Gasteiger partial charge in [0.15, 0.2) is 0 Å². The van der Waals surface area contributed by atoms with Gasteiger partial charge in [0.25, 0.3) is 0 Å². The molecule has 1 aromatic rings. The summed E-state index contributed by atoms with van der Waals surface area (Å²) in [6.07, 6.45) is 4.41. The standard InChI is InChI=1S/C14H15ClN2O3/c15-11-4-3-9(8-16-11)14(5-6-14)13(20)17-7-1-2-10(17)12(18)19/h3-4,8,10H,1-2,5-7H2,(H,18,19). The number of pyridine rings is 1. The molecule has 1 N–H and O–H groups in total. The summed E-state index contributed by atoms with van der Waals surface area (Å²) in [5.74, 6) is -0.993. The fourth-order valence-electron chi connectivity index (χ4n) is 2.95. The van der Waals surface area contributed by atoms with E-state index in [0.717, 1.165) is 24.8 Å². The van der Waals surface area contributed by atoms with Gasteiger partial charge in [0.2, 0.25) is 5.91 Å². The number of rotatable bonds is 3. The first-order valence-corrected chi connectivity index (χ1v) is 7.08. The quantitative estimate of drug-likeness (QED) is 0.864. The predicted octanol–water partition coefficient (Wildman–Crippen LogP) is 1.84. The van der Waals surface area contributed by atoms with Gasteiger partial charge in [-0.05, 0) is 37.3 Å². The maximum atomic E-state index is 12.7. The van der Waals surface area contributed by atoms with Crippen molar-refractivity contribution >= 4 is 23.5 Å². The van der Waals surface area contributed by atoms with Crippen LogP contribution in [-0.2, 0) is 15.0 Å². The van der Waals surface area contributed by atoms with Gasteiger partial charge in [-0.1, -0.05) is 17.7 Å². The van der Waals surface area contributed by atoms with Crippen molar-refractivity contribution in [3.05, 3.63) is 29.0 Å². The SMILES string of the molecule is O=C(O)C1CCCN1C(=O)C1(c2ccc(Cl)nc2)CC1. The Morgan fingerprint density at radius 1 is 1.40 bits per heavy atom. The van der Waals surface area contributed by atoms with Gasteiger partial charge in [0.05, 0.1) is 5.41 Å². The van der Waals surface area contributed by atoms with E-state index in [4.69, 9.17) is 11.6 Å². The van der Waals surface area contributed by atoms with E-state index < -0.39 is 17.4 Å². The fourth-order valence-corrected chi connectivity index (χ4v) is 3.06. The molecule has 1 aliphatic carbocycles. The summed E-state index contributed by atoms with van der Waals surface area (Å²) in [6.45, 7) is 0.526. The second-order valence-electron chi connectivity index (χ2n) is 5.45. The van der Waals surface area contributed by atoms with E-state index in [1.165, 1.54) is 4.90 Å². The van der Waals surface area contributed by atoms with Crippen LogP contribution in [0.15, 0.2) is 18.3 Å². The first-order valence-electron chi connectivity index (χ1n) is 6.70. The van der Waals surface area contributed by atoms with Crippen molar-refractivity contribution in [3.8, 4) is 0 Å². The largest absolute Gasteiger partial charge is 0.480 e. The minimum Gasteiger partial charge on any atom is -0.480 e. The highest BCUT2D eigenvalue weighted by atomic mass is 35.5. The summed E-state index contributed by atoms with van der Waals surface area (Å²) >= 11 is 5.77. The number of aliphatic carboxylic acids is 1. The first kappa shape index (κ1) is 13.4. The smallest absolute Gasteiger partial charge is 0.326 e. The number of carbonyl (C=O) groups excluding carboxylic acids is 1. The van der Waals surface area contributed by atoms with Crippen molar-refractivity contribution in [2.45, 2.75) is 37.1 Å². The van der Waals surface area contributed by atoms with Crippen molar-refractivity contribution in [3.63, 3.8) is 0 Å². The molecule has 0 bridgehead atoms. The monoisotopic (exact) mass is 294 g/mol. The van der Waals surface area contributed by atoms with Crippen LogP contribution in [0, 0.1) is 0 Å². The van der Waals surface area contributed by atoms with Crippen LogP contribution in [0.1, 0.15) is 31.2 Å². The second kappa shape index (κ2) is 4.74. The van der Waals surface area contributed by atoms with E-state index in [1.54, 1.807) is 12.3 Å². The van der Waals surface area contributed by atoms with Crippen LogP contribution in [0.2, 0.25) is 5.15 Å². The van der Waals surface area contributed by atoms with Crippen molar-refractivity contribution in [2.24, 2.45) is 0 Å². The van der Waals surface area contributed by atoms with Gasteiger partial charge in [-0.25, -0.2) is 9.78 Å². The average molecular weight is 295 g/mol. The molecular formula is C14H15ClN2O3. The number of carboxylic acids is 1. The number of halogens is 1. The maximum Gasteiger partial charge on any atom is 0.326 e. The van der Waals surface area contributed by atoms with Crippen molar-refractivity contribution in [2.75, 3.05) is 6.54 Å². The van der Waals surface area contributed by atoms with Gasteiger partial charge in [0, 0.05) is 12.7 Å². The number of carbonyl (C=O) groups is 2. The third-order valence-corrected chi connectivity index (χ3v) is 4.46. The van der Waals surface area contributed by atoms with Gasteiger partial charge in [-0.3, -0.25) is 4.79 Å². The van der Waals surface area contributed by atoms with E-state index in [9.17, 15) is 14.7 Å². The first-order chi connectivity index (χ1) is 9.54. The zero-order valence-electron chi connectivity index (χ0n) is 10.9. The third-order valence-electron chi connectivity index (χ3n) is 4.24. The number of carboxylic acid groups (broad SMARTS) is 1. The Hall–Kier alpha value is -1.62. The second-order valence-corrected chi connectivity index (χ2v) is 5.83. The van der Waals surface area contributed by atoms with E-state index >= 15 is 0 Å². The van der Waals surface area contributed by atoms with Gasteiger partial charge >= 0.3 is 5.97 Å². The minimum absolute atomic E-state index is 0.0773. The lowest BCUT2D eigenvalue weighted by atomic mass is 9.95. The molecule has 1 atom stereocenters. The average Bonchev–Trinajstić information content (AvgIpc) is 3.08. The van der Waals surface area contributed by atoms with Crippen LogP contribution in [-0.4, -0.2) is 39.5 Å². The summed E-state index contributed by atoms with van der Waals surface area (Å²) in [7, 11) is 0. The van der Waals surface area contributed by atoms with E-state index in [2.05, 4.69) is 4.98 Å². The number of aromatic nitrogens is 1. The molecule has 1 unspecified atom stereocenters. The Bertz CT molecular complexity index is 554. The van der Waals surface area contributed by atoms with Crippen molar-refractivity contribution < 1.29 is 14.7 Å². The molecule has 0 radical (unpaired) electrons. The van der Waals surface area contributed by atoms with Crippen LogP contribution in [0.3, 0.4) is 0 Å². The summed E-state index contributed by atoms with van der Waals surface area (Å²) in [4.78, 5) is 29.5. The highest BCUT2D eigenvalue weighted by Crippen LogP contribution is 2.50. The molecule has 1 aliphatic heterocycles. The lowest BCUT2D eigenvalue weighted by Gasteiger charge is -2.26. The number of nitrogens with zero attached hydrogens (tertiary/aromatic N) is 2. The summed E-state index contributed by atoms with van der Waals surface area (Å²) < 4.78 is 0. The minimum atomic E-state index is -0.916. The van der Waals surface area contributed by atoms with Gasteiger partial charge in [-0.15, -0.1) is 0 Å². The van der Waals surface area contributed by atoms with Crippen LogP contribution in [0.4, 0.5) is 0 Å². The van der Waals surface area contributed by atoms with Crippen molar-refractivity contribution in [1.29, 1.82) is 0 Å². The molecule has 1 amide bonds. The molecule has 0 aromatic carbocycles. The molecule has 6 heteroatoms. The number of hydrogen-bond acceptors (Lipinski definition) is 3. The lowest BCUT2D eigenvalue weighted by molar-refractivity contribution is -0.149. The van der Waals surface area contributed by atoms with Gasteiger partial charge in [-0.2, -0.15) is 0 Å². The highest BCUT2D eigenvalue weighted by molar-refractivity contribution is 6.29. The Balaban J connectivity index is 1.86. The van der Waals surface area contributed by atoms with Crippen LogP contribution >= 0.6 is 11.6 Å². The molecule has 3 rings (SSSR count). The molecule has 106 valence electrons. The molecule has 20 heavy (non-hydrogen) atoms. The van der Waals surface area contributed by atoms with Gasteiger partial charge < -0.3 is 10.0 Å². The summed E-state index contributed by atoms with van der Waals surface area (Å²) in [6, 6.07) is 2.80. The Morgan fingerprint density at radius 2 is 2.15 bits per heavy atom. The normalized spacial score (nSPS) is 23.6. The number of hydrogen-bond donors (Lipinski definition) is 1. The van der Waals surface area contributed by atoms with Crippen molar-refractivity contribution in [1.82, 2.24) is 9.88 Å². The molecule has 1 saturated heterocycles.